The highest BCUT2D eigenvalue weighted by Crippen LogP contribution is 2.27. The summed E-state index contributed by atoms with van der Waals surface area (Å²) >= 11 is 0. The molecule has 0 aliphatic carbocycles. The Balaban J connectivity index is 2.60. The molecule has 1 atom stereocenters. The van der Waals surface area contributed by atoms with Crippen molar-refractivity contribution >= 4 is 11.9 Å². The summed E-state index contributed by atoms with van der Waals surface area (Å²) in [5.41, 5.74) is 0.294. The number of amides is 1. The Morgan fingerprint density at radius 3 is 2.27 bits per heavy atom. The van der Waals surface area contributed by atoms with E-state index in [0.717, 1.165) is 0 Å². The van der Waals surface area contributed by atoms with Crippen molar-refractivity contribution in [2.45, 2.75) is 26.8 Å². The Labute approximate surface area is 130 Å². The fourth-order valence-electron chi connectivity index (χ4n) is 1.64. The van der Waals surface area contributed by atoms with Crippen LogP contribution in [0.4, 0.5) is 0 Å². The van der Waals surface area contributed by atoms with Gasteiger partial charge in [0.1, 0.15) is 0 Å². The van der Waals surface area contributed by atoms with Crippen LogP contribution in [-0.2, 0) is 9.53 Å². The quantitative estimate of drug-likeness (QED) is 0.780. The highest BCUT2D eigenvalue weighted by Gasteiger charge is 2.15. The van der Waals surface area contributed by atoms with Gasteiger partial charge in [-0.2, -0.15) is 0 Å². The number of ether oxygens (including phenoxy) is 3. The molecule has 0 unspecified atom stereocenters. The van der Waals surface area contributed by atoms with Crippen LogP contribution in [0.2, 0.25) is 0 Å². The zero-order chi connectivity index (χ0) is 16.7. The predicted molar refractivity (Wildman–Crippen MR) is 82.3 cm³/mol. The van der Waals surface area contributed by atoms with E-state index in [9.17, 15) is 9.59 Å². The first-order chi connectivity index (χ1) is 10.4. The number of benzene rings is 1. The van der Waals surface area contributed by atoms with Crippen LogP contribution in [0.3, 0.4) is 0 Å². The molecule has 0 saturated carbocycles. The number of nitrogens with one attached hydrogen (secondary N) is 1. The lowest BCUT2D eigenvalue weighted by atomic mass is 10.1. The normalized spacial score (nSPS) is 11.7. The van der Waals surface area contributed by atoms with Gasteiger partial charge < -0.3 is 19.5 Å². The van der Waals surface area contributed by atoms with E-state index >= 15 is 0 Å². The molecule has 1 aromatic rings. The maximum Gasteiger partial charge on any atom is 0.338 e. The second kappa shape index (κ2) is 8.26. The summed E-state index contributed by atoms with van der Waals surface area (Å²) in [6.45, 7) is 5.59. The summed E-state index contributed by atoms with van der Waals surface area (Å²) in [6.07, 6.45) is 0. The number of carbonyl (C=O) groups is 2. The minimum atomic E-state index is -0.590. The zero-order valence-electron chi connectivity index (χ0n) is 13.6. The number of hydrogen-bond acceptors (Lipinski definition) is 5. The molecule has 6 nitrogen and oxygen atoms in total. The second-order valence-electron chi connectivity index (χ2n) is 5.25. The molecule has 122 valence electrons. The first-order valence-corrected chi connectivity index (χ1v) is 7.07. The van der Waals surface area contributed by atoms with Crippen LogP contribution in [0, 0.1) is 5.92 Å². The lowest BCUT2D eigenvalue weighted by molar-refractivity contribution is -0.125. The van der Waals surface area contributed by atoms with E-state index in [-0.39, 0.29) is 18.6 Å². The molecule has 1 amide bonds. The number of carbonyl (C=O) groups excluding carboxylic acids is 2. The second-order valence-corrected chi connectivity index (χ2v) is 5.25. The van der Waals surface area contributed by atoms with Gasteiger partial charge in [-0.05, 0) is 31.0 Å². The van der Waals surface area contributed by atoms with Gasteiger partial charge in [-0.15, -0.1) is 0 Å². The van der Waals surface area contributed by atoms with Gasteiger partial charge in [0.2, 0.25) is 0 Å². The first kappa shape index (κ1) is 17.8. The molecule has 6 heteroatoms. The van der Waals surface area contributed by atoms with Crippen molar-refractivity contribution in [3.63, 3.8) is 0 Å². The molecule has 0 heterocycles. The molecule has 1 aromatic carbocycles. The summed E-state index contributed by atoms with van der Waals surface area (Å²) in [7, 11) is 2.99. The third-order valence-electron chi connectivity index (χ3n) is 3.34. The fourth-order valence-corrected chi connectivity index (χ4v) is 1.64. The Bertz CT molecular complexity index is 527. The summed E-state index contributed by atoms with van der Waals surface area (Å²) in [6, 6.07) is 4.69. The minimum absolute atomic E-state index is 0.0206. The van der Waals surface area contributed by atoms with Crippen molar-refractivity contribution in [1.82, 2.24) is 5.32 Å². The Morgan fingerprint density at radius 2 is 1.73 bits per heavy atom. The van der Waals surface area contributed by atoms with Crippen LogP contribution in [0.25, 0.3) is 0 Å². The van der Waals surface area contributed by atoms with E-state index in [1.807, 2.05) is 20.8 Å². The van der Waals surface area contributed by atoms with Crippen LogP contribution < -0.4 is 14.8 Å². The average molecular weight is 309 g/mol. The molecule has 0 bridgehead atoms. The maximum atomic E-state index is 11.9. The highest BCUT2D eigenvalue weighted by atomic mass is 16.5. The molecular formula is C16H23NO5. The van der Waals surface area contributed by atoms with E-state index in [1.54, 1.807) is 12.1 Å². The summed E-state index contributed by atoms with van der Waals surface area (Å²) < 4.78 is 15.2. The van der Waals surface area contributed by atoms with Crippen LogP contribution in [0.15, 0.2) is 18.2 Å². The van der Waals surface area contributed by atoms with Crippen molar-refractivity contribution in [3.05, 3.63) is 23.8 Å². The zero-order valence-corrected chi connectivity index (χ0v) is 13.6. The Kier molecular flexibility index (Phi) is 6.69. The third kappa shape index (κ3) is 4.95. The van der Waals surface area contributed by atoms with Crippen molar-refractivity contribution in [1.29, 1.82) is 0 Å². The Morgan fingerprint density at radius 1 is 1.09 bits per heavy atom. The summed E-state index contributed by atoms with van der Waals surface area (Å²) in [5, 5.41) is 2.77. The Hall–Kier alpha value is -2.24. The lowest BCUT2D eigenvalue weighted by Crippen LogP contribution is -2.38. The van der Waals surface area contributed by atoms with E-state index < -0.39 is 5.97 Å². The fraction of sp³-hybridized carbons (Fsp3) is 0.500. The van der Waals surface area contributed by atoms with Gasteiger partial charge in [0.25, 0.3) is 5.91 Å². The van der Waals surface area contributed by atoms with Crippen molar-refractivity contribution in [3.8, 4) is 11.5 Å². The largest absolute Gasteiger partial charge is 0.493 e. The molecule has 0 aliphatic heterocycles. The molecule has 0 spiro atoms. The molecule has 22 heavy (non-hydrogen) atoms. The SMILES string of the molecule is COc1ccc(C(=O)OCC(=O)N[C@H](C)C(C)C)cc1OC. The molecule has 0 aliphatic rings. The molecule has 0 saturated heterocycles. The lowest BCUT2D eigenvalue weighted by Gasteiger charge is -2.17. The number of esters is 1. The van der Waals surface area contributed by atoms with Crippen LogP contribution in [0.5, 0.6) is 11.5 Å². The van der Waals surface area contributed by atoms with Crippen LogP contribution in [0.1, 0.15) is 31.1 Å². The molecular weight excluding hydrogens is 286 g/mol. The molecule has 1 N–H and O–H groups in total. The van der Waals surface area contributed by atoms with Gasteiger partial charge in [0.05, 0.1) is 19.8 Å². The molecule has 0 aromatic heterocycles. The van der Waals surface area contributed by atoms with Gasteiger partial charge in [0.15, 0.2) is 18.1 Å². The number of hydrogen-bond donors (Lipinski definition) is 1. The first-order valence-electron chi connectivity index (χ1n) is 7.07. The van der Waals surface area contributed by atoms with Gasteiger partial charge in [0, 0.05) is 6.04 Å². The monoisotopic (exact) mass is 309 g/mol. The minimum Gasteiger partial charge on any atom is -0.493 e. The van der Waals surface area contributed by atoms with Gasteiger partial charge in [-0.1, -0.05) is 13.8 Å². The predicted octanol–water partition coefficient (Wildman–Crippen LogP) is 2.02. The van der Waals surface area contributed by atoms with Crippen LogP contribution in [-0.4, -0.2) is 38.7 Å². The summed E-state index contributed by atoms with van der Waals surface area (Å²) in [5.74, 6) is 0.339. The van der Waals surface area contributed by atoms with Gasteiger partial charge >= 0.3 is 5.97 Å². The van der Waals surface area contributed by atoms with Crippen molar-refractivity contribution < 1.29 is 23.8 Å². The van der Waals surface area contributed by atoms with E-state index in [1.165, 1.54) is 20.3 Å². The van der Waals surface area contributed by atoms with Gasteiger partial charge in [-0.25, -0.2) is 4.79 Å². The van der Waals surface area contributed by atoms with Gasteiger partial charge in [-0.3, -0.25) is 4.79 Å². The highest BCUT2D eigenvalue weighted by molar-refractivity contribution is 5.92. The van der Waals surface area contributed by atoms with Crippen LogP contribution >= 0.6 is 0 Å². The van der Waals surface area contributed by atoms with E-state index in [2.05, 4.69) is 5.32 Å². The third-order valence-corrected chi connectivity index (χ3v) is 3.34. The molecule has 1 rings (SSSR count). The smallest absolute Gasteiger partial charge is 0.338 e. The average Bonchev–Trinajstić information content (AvgIpc) is 2.51. The standard InChI is InChI=1S/C16H23NO5/c1-10(2)11(3)17-15(18)9-22-16(19)12-6-7-13(20-4)14(8-12)21-5/h6-8,10-11H,9H2,1-5H3,(H,17,18)/t11-/m1/s1. The number of methoxy groups -OCH3 is 2. The molecule has 0 fully saturated rings. The van der Waals surface area contributed by atoms with Crippen molar-refractivity contribution in [2.75, 3.05) is 20.8 Å². The topological polar surface area (TPSA) is 73.9 Å². The van der Waals surface area contributed by atoms with Crippen molar-refractivity contribution in [2.24, 2.45) is 5.92 Å². The maximum absolute atomic E-state index is 11.9. The number of rotatable bonds is 7. The molecule has 0 radical (unpaired) electrons. The summed E-state index contributed by atoms with van der Waals surface area (Å²) in [4.78, 5) is 23.6. The van der Waals surface area contributed by atoms with E-state index in [4.69, 9.17) is 14.2 Å². The van der Waals surface area contributed by atoms with E-state index in [0.29, 0.717) is 23.0 Å².